The molecule has 1 aliphatic carbocycles. The van der Waals surface area contributed by atoms with Crippen molar-refractivity contribution in [2.75, 3.05) is 32.7 Å². The van der Waals surface area contributed by atoms with E-state index in [2.05, 4.69) is 56.7 Å². The summed E-state index contributed by atoms with van der Waals surface area (Å²) in [6.45, 7) is 20.7. The Balaban J connectivity index is 1.43. The SMILES string of the molecule is CC(C)(C)NC1CCC2CN(CC3CCN(C(C)(C)C)CC3)CC2C1. The first-order valence-electron chi connectivity index (χ1n) is 10.9. The maximum Gasteiger partial charge on any atom is 0.0125 e. The first-order chi connectivity index (χ1) is 11.6. The number of likely N-dealkylation sites (tertiary alicyclic amines) is 2. The molecule has 1 saturated carbocycles. The van der Waals surface area contributed by atoms with Crippen LogP contribution in [0.15, 0.2) is 0 Å². The Bertz CT molecular complexity index is 426. The molecule has 146 valence electrons. The van der Waals surface area contributed by atoms with Gasteiger partial charge in [-0.2, -0.15) is 0 Å². The average molecular weight is 350 g/mol. The molecule has 3 unspecified atom stereocenters. The molecule has 3 rings (SSSR count). The summed E-state index contributed by atoms with van der Waals surface area (Å²) >= 11 is 0. The minimum atomic E-state index is 0.261. The molecule has 3 nitrogen and oxygen atoms in total. The van der Waals surface area contributed by atoms with Gasteiger partial charge in [0.2, 0.25) is 0 Å². The van der Waals surface area contributed by atoms with Gasteiger partial charge in [-0.1, -0.05) is 0 Å². The fourth-order valence-corrected chi connectivity index (χ4v) is 5.57. The van der Waals surface area contributed by atoms with Gasteiger partial charge >= 0.3 is 0 Å². The largest absolute Gasteiger partial charge is 0.309 e. The number of hydrogen-bond donors (Lipinski definition) is 1. The molecule has 0 bridgehead atoms. The highest BCUT2D eigenvalue weighted by atomic mass is 15.2. The van der Waals surface area contributed by atoms with Crippen molar-refractivity contribution < 1.29 is 0 Å². The summed E-state index contributed by atoms with van der Waals surface area (Å²) in [6, 6.07) is 0.747. The Morgan fingerprint density at radius 1 is 0.840 bits per heavy atom. The van der Waals surface area contributed by atoms with Gasteiger partial charge in [-0.15, -0.1) is 0 Å². The van der Waals surface area contributed by atoms with E-state index in [4.69, 9.17) is 0 Å². The van der Waals surface area contributed by atoms with Gasteiger partial charge in [-0.05, 0) is 104 Å². The Morgan fingerprint density at radius 3 is 2.08 bits per heavy atom. The summed E-state index contributed by atoms with van der Waals surface area (Å²) in [4.78, 5) is 5.50. The lowest BCUT2D eigenvalue weighted by molar-refractivity contribution is 0.0768. The summed E-state index contributed by atoms with van der Waals surface area (Å²) in [5, 5.41) is 3.86. The van der Waals surface area contributed by atoms with Crippen LogP contribution in [0.25, 0.3) is 0 Å². The van der Waals surface area contributed by atoms with Crippen molar-refractivity contribution in [1.82, 2.24) is 15.1 Å². The zero-order valence-corrected chi connectivity index (χ0v) is 17.8. The van der Waals surface area contributed by atoms with E-state index in [-0.39, 0.29) is 5.54 Å². The molecule has 0 aromatic carbocycles. The summed E-state index contributed by atoms with van der Waals surface area (Å²) in [7, 11) is 0. The van der Waals surface area contributed by atoms with Crippen molar-refractivity contribution in [3.05, 3.63) is 0 Å². The van der Waals surface area contributed by atoms with E-state index in [0.717, 1.165) is 23.8 Å². The van der Waals surface area contributed by atoms with Crippen LogP contribution in [0.4, 0.5) is 0 Å². The van der Waals surface area contributed by atoms with Gasteiger partial charge in [0.1, 0.15) is 0 Å². The van der Waals surface area contributed by atoms with E-state index < -0.39 is 0 Å². The standard InChI is InChI=1S/C22H43N3/c1-21(2,3)23-20-8-7-18-15-24(16-19(18)13-20)14-17-9-11-25(12-10-17)22(4,5)6/h17-20,23H,7-16H2,1-6H3. The average Bonchev–Trinajstić information content (AvgIpc) is 2.86. The molecule has 2 aliphatic heterocycles. The van der Waals surface area contributed by atoms with E-state index in [1.807, 2.05) is 0 Å². The van der Waals surface area contributed by atoms with Crippen LogP contribution in [0.3, 0.4) is 0 Å². The van der Waals surface area contributed by atoms with E-state index >= 15 is 0 Å². The van der Waals surface area contributed by atoms with E-state index in [9.17, 15) is 0 Å². The van der Waals surface area contributed by atoms with Crippen molar-refractivity contribution in [2.45, 2.75) is 90.8 Å². The lowest BCUT2D eigenvalue weighted by Gasteiger charge is -2.41. The van der Waals surface area contributed by atoms with Gasteiger partial charge in [0.25, 0.3) is 0 Å². The number of nitrogens with zero attached hydrogens (tertiary/aromatic N) is 2. The summed E-state index contributed by atoms with van der Waals surface area (Å²) in [5.74, 6) is 2.86. The van der Waals surface area contributed by atoms with Crippen molar-refractivity contribution in [3.8, 4) is 0 Å². The van der Waals surface area contributed by atoms with Crippen LogP contribution in [-0.2, 0) is 0 Å². The van der Waals surface area contributed by atoms with Gasteiger partial charge in [0, 0.05) is 36.8 Å². The molecule has 0 aromatic heterocycles. The van der Waals surface area contributed by atoms with Gasteiger partial charge in [0.05, 0.1) is 0 Å². The quantitative estimate of drug-likeness (QED) is 0.831. The van der Waals surface area contributed by atoms with Crippen LogP contribution in [0.2, 0.25) is 0 Å². The molecule has 3 heteroatoms. The molecular formula is C22H43N3. The Hall–Kier alpha value is -0.120. The van der Waals surface area contributed by atoms with Crippen LogP contribution in [0, 0.1) is 17.8 Å². The first-order valence-corrected chi connectivity index (χ1v) is 10.9. The second-order valence-corrected chi connectivity index (χ2v) is 11.2. The third kappa shape index (κ3) is 5.43. The molecule has 0 aromatic rings. The number of piperidine rings is 1. The molecule has 3 atom stereocenters. The molecule has 2 saturated heterocycles. The maximum atomic E-state index is 3.86. The highest BCUT2D eigenvalue weighted by molar-refractivity contribution is 4.94. The summed E-state index contributed by atoms with van der Waals surface area (Å²) < 4.78 is 0. The van der Waals surface area contributed by atoms with Crippen LogP contribution in [-0.4, -0.2) is 59.6 Å². The smallest absolute Gasteiger partial charge is 0.0125 e. The lowest BCUT2D eigenvalue weighted by atomic mass is 9.78. The third-order valence-corrected chi connectivity index (χ3v) is 6.84. The fourth-order valence-electron chi connectivity index (χ4n) is 5.57. The van der Waals surface area contributed by atoms with Crippen LogP contribution in [0.5, 0.6) is 0 Å². The van der Waals surface area contributed by atoms with Crippen LogP contribution in [0.1, 0.15) is 73.6 Å². The Kier molecular flexibility index (Phi) is 5.88. The zero-order valence-electron chi connectivity index (χ0n) is 17.8. The van der Waals surface area contributed by atoms with Crippen molar-refractivity contribution in [3.63, 3.8) is 0 Å². The lowest BCUT2D eigenvalue weighted by Crippen LogP contribution is -2.47. The topological polar surface area (TPSA) is 18.5 Å². The number of hydrogen-bond acceptors (Lipinski definition) is 3. The number of rotatable bonds is 3. The molecule has 3 fully saturated rings. The van der Waals surface area contributed by atoms with Crippen molar-refractivity contribution >= 4 is 0 Å². The monoisotopic (exact) mass is 349 g/mol. The molecule has 25 heavy (non-hydrogen) atoms. The molecule has 2 heterocycles. The predicted octanol–water partition coefficient (Wildman–Crippen LogP) is 3.99. The second-order valence-electron chi connectivity index (χ2n) is 11.2. The van der Waals surface area contributed by atoms with Gasteiger partial charge in [-0.3, -0.25) is 4.90 Å². The minimum absolute atomic E-state index is 0.261. The predicted molar refractivity (Wildman–Crippen MR) is 108 cm³/mol. The Morgan fingerprint density at radius 2 is 1.48 bits per heavy atom. The highest BCUT2D eigenvalue weighted by Crippen LogP contribution is 2.37. The van der Waals surface area contributed by atoms with E-state index in [1.54, 1.807) is 0 Å². The van der Waals surface area contributed by atoms with Gasteiger partial charge in [-0.25, -0.2) is 0 Å². The molecule has 0 spiro atoms. The summed E-state index contributed by atoms with van der Waals surface area (Å²) in [5.41, 5.74) is 0.611. The second kappa shape index (κ2) is 7.48. The van der Waals surface area contributed by atoms with Gasteiger partial charge in [0.15, 0.2) is 0 Å². The zero-order chi connectivity index (χ0) is 18.2. The molecule has 3 aliphatic rings. The fraction of sp³-hybridized carbons (Fsp3) is 1.00. The molecular weight excluding hydrogens is 306 g/mol. The number of nitrogens with one attached hydrogen (secondary N) is 1. The van der Waals surface area contributed by atoms with E-state index in [1.165, 1.54) is 64.8 Å². The minimum Gasteiger partial charge on any atom is -0.309 e. The van der Waals surface area contributed by atoms with Gasteiger partial charge < -0.3 is 10.2 Å². The maximum absolute atomic E-state index is 3.86. The number of fused-ring (bicyclic) bond motifs is 1. The van der Waals surface area contributed by atoms with Crippen LogP contribution >= 0.6 is 0 Å². The van der Waals surface area contributed by atoms with Crippen molar-refractivity contribution in [2.24, 2.45) is 17.8 Å². The molecule has 0 amide bonds. The Labute approximate surface area is 156 Å². The normalized spacial score (nSPS) is 33.6. The van der Waals surface area contributed by atoms with Crippen molar-refractivity contribution in [1.29, 1.82) is 0 Å². The molecule has 0 radical (unpaired) electrons. The third-order valence-electron chi connectivity index (χ3n) is 6.84. The highest BCUT2D eigenvalue weighted by Gasteiger charge is 2.39. The molecule has 1 N–H and O–H groups in total. The first kappa shape index (κ1) is 19.6. The van der Waals surface area contributed by atoms with E-state index in [0.29, 0.717) is 5.54 Å². The van der Waals surface area contributed by atoms with Crippen LogP contribution < -0.4 is 5.32 Å². The summed E-state index contributed by atoms with van der Waals surface area (Å²) in [6.07, 6.45) is 7.03.